The third-order valence-electron chi connectivity index (χ3n) is 15.4. The Balaban J connectivity index is 1.26. The maximum Gasteiger partial charge on any atom is 0.0775 e. The summed E-state index contributed by atoms with van der Waals surface area (Å²) in [4.78, 5) is 5.00. The number of hydrogen-bond acceptors (Lipinski definition) is 2. The molecular weight excluding hydrogens is 939 g/mol. The highest BCUT2D eigenvalue weighted by molar-refractivity contribution is 6.89. The molecule has 75 heavy (non-hydrogen) atoms. The summed E-state index contributed by atoms with van der Waals surface area (Å²) < 4.78 is 2.55. The minimum absolute atomic E-state index is 0.0233. The Kier molecular flexibility index (Phi) is 12.4. The maximum absolute atomic E-state index is 2.55. The van der Waals surface area contributed by atoms with Gasteiger partial charge >= 0.3 is 0 Å². The van der Waals surface area contributed by atoms with Crippen LogP contribution >= 0.6 is 0 Å². The Hall–Kier alpha value is -7.45. The predicted octanol–water partition coefficient (Wildman–Crippen LogP) is 19.4. The predicted molar refractivity (Wildman–Crippen MR) is 334 cm³/mol. The summed E-state index contributed by atoms with van der Waals surface area (Å²) in [7, 11) is -3.14. The smallest absolute Gasteiger partial charge is 0.0775 e. The van der Waals surface area contributed by atoms with Crippen molar-refractivity contribution in [2.45, 2.75) is 91.7 Å². The minimum Gasteiger partial charge on any atom is -0.310 e. The topological polar surface area (TPSA) is 11.4 Å². The molecule has 0 aliphatic heterocycles. The lowest BCUT2D eigenvalue weighted by molar-refractivity contribution is 0.590. The third-order valence-corrected chi connectivity index (χ3v) is 19.5. The van der Waals surface area contributed by atoms with Gasteiger partial charge in [-0.25, -0.2) is 0 Å². The number of anilines is 6. The Morgan fingerprint density at radius 2 is 0.653 bits per heavy atom. The van der Waals surface area contributed by atoms with Crippen LogP contribution in [0.2, 0.25) is 39.3 Å². The molecule has 0 saturated heterocycles. The first kappa shape index (κ1) is 49.7. The van der Waals surface area contributed by atoms with E-state index in [1.54, 1.807) is 0 Å². The van der Waals surface area contributed by atoms with Crippen LogP contribution in [0.1, 0.15) is 52.7 Å². The second-order valence-electron chi connectivity index (χ2n) is 24.8. The van der Waals surface area contributed by atoms with Gasteiger partial charge in [-0.15, -0.1) is 0 Å². The molecule has 10 aromatic carbocycles. The standard InChI is InChI=1S/C70H71N3Si2/c1-69(2,3)50-28-34-52(35-29-50)71(54-38-42-57(43-39-54)74(7,8)9)63-46-65-67(61-24-18-16-22-59(61)63)68-62-25-19-17-23-60(62)64(47-66(68)73(65)56-32-26-49(27-33-56)48-20-14-13-15-21-48)72(53-36-30-51(31-37-53)70(4,5)6)55-40-44-58(45-41-55)75(10,11)12/h13-47H,1-12H3. The molecule has 11 aromatic rings. The second kappa shape index (κ2) is 18.7. The molecule has 1 heterocycles. The van der Waals surface area contributed by atoms with Gasteiger partial charge in [0.25, 0.3) is 0 Å². The van der Waals surface area contributed by atoms with Crippen molar-refractivity contribution in [3.63, 3.8) is 0 Å². The zero-order valence-corrected chi connectivity index (χ0v) is 48.0. The van der Waals surface area contributed by atoms with Crippen LogP contribution in [0, 0.1) is 0 Å². The van der Waals surface area contributed by atoms with E-state index in [1.807, 2.05) is 0 Å². The average molecular weight is 1010 g/mol. The Morgan fingerprint density at radius 3 is 1.00 bits per heavy atom. The second-order valence-corrected chi connectivity index (χ2v) is 34.9. The largest absolute Gasteiger partial charge is 0.310 e. The fourth-order valence-corrected chi connectivity index (χ4v) is 13.4. The molecular formula is C70H71N3Si2. The highest BCUT2D eigenvalue weighted by Crippen LogP contribution is 2.50. The molecule has 0 amide bonds. The number of rotatable bonds is 10. The van der Waals surface area contributed by atoms with Gasteiger partial charge in [0.1, 0.15) is 0 Å². The number of benzene rings is 10. The Bertz CT molecular complexity index is 3530. The van der Waals surface area contributed by atoms with E-state index in [-0.39, 0.29) is 10.8 Å². The Labute approximate surface area is 447 Å². The summed E-state index contributed by atoms with van der Waals surface area (Å²) in [5.74, 6) is 0. The normalized spacial score (nSPS) is 12.5. The van der Waals surface area contributed by atoms with Crippen LogP contribution in [-0.4, -0.2) is 20.7 Å². The summed E-state index contributed by atoms with van der Waals surface area (Å²) in [5.41, 5.74) is 15.3. The van der Waals surface area contributed by atoms with Gasteiger partial charge in [0, 0.05) is 50.0 Å². The van der Waals surface area contributed by atoms with Crippen LogP contribution in [-0.2, 0) is 10.8 Å². The van der Waals surface area contributed by atoms with Crippen molar-refractivity contribution >= 4 is 104 Å². The lowest BCUT2D eigenvalue weighted by Gasteiger charge is -2.29. The summed E-state index contributed by atoms with van der Waals surface area (Å²) in [6.07, 6.45) is 0. The first-order valence-corrected chi connectivity index (χ1v) is 33.8. The number of hydrogen-bond donors (Lipinski definition) is 0. The minimum atomic E-state index is -1.57. The SMILES string of the molecule is CC(C)(C)c1ccc(N(c2ccc([Si](C)(C)C)cc2)c2cc3c(c4ccccc24)c2c4ccccc4c(N(c4ccc(C(C)(C)C)cc4)c4ccc([Si](C)(C)C)cc4)cc2n3-c2ccc(-c3ccccc3)cc2)cc1. The van der Waals surface area contributed by atoms with Crippen molar-refractivity contribution in [1.29, 1.82) is 0 Å². The molecule has 0 atom stereocenters. The van der Waals surface area contributed by atoms with Crippen LogP contribution in [0.25, 0.3) is 60.2 Å². The van der Waals surface area contributed by atoms with Gasteiger partial charge in [-0.3, -0.25) is 0 Å². The molecule has 5 heteroatoms. The van der Waals surface area contributed by atoms with Gasteiger partial charge in [0.05, 0.1) is 38.6 Å². The third kappa shape index (κ3) is 9.31. The van der Waals surface area contributed by atoms with Crippen molar-refractivity contribution in [3.8, 4) is 16.8 Å². The number of fused-ring (bicyclic) bond motifs is 7. The molecule has 0 bridgehead atoms. The molecule has 0 fully saturated rings. The van der Waals surface area contributed by atoms with E-state index in [2.05, 4.69) is 308 Å². The van der Waals surface area contributed by atoms with Crippen LogP contribution in [0.5, 0.6) is 0 Å². The average Bonchev–Trinajstić information content (AvgIpc) is 3.73. The van der Waals surface area contributed by atoms with Crippen molar-refractivity contribution in [1.82, 2.24) is 4.57 Å². The van der Waals surface area contributed by atoms with Gasteiger partial charge in [-0.05, 0) is 117 Å². The molecule has 3 nitrogen and oxygen atoms in total. The first-order valence-electron chi connectivity index (χ1n) is 26.8. The highest BCUT2D eigenvalue weighted by atomic mass is 28.3. The molecule has 0 radical (unpaired) electrons. The van der Waals surface area contributed by atoms with E-state index in [9.17, 15) is 0 Å². The monoisotopic (exact) mass is 1010 g/mol. The van der Waals surface area contributed by atoms with Crippen molar-refractivity contribution in [2.24, 2.45) is 0 Å². The summed E-state index contributed by atoms with van der Waals surface area (Å²) >= 11 is 0. The van der Waals surface area contributed by atoms with E-state index in [0.29, 0.717) is 0 Å². The molecule has 1 aromatic heterocycles. The van der Waals surface area contributed by atoms with Crippen molar-refractivity contribution in [3.05, 3.63) is 223 Å². The van der Waals surface area contributed by atoms with E-state index in [4.69, 9.17) is 0 Å². The van der Waals surface area contributed by atoms with E-state index >= 15 is 0 Å². The lowest BCUT2D eigenvalue weighted by atomic mass is 9.87. The maximum atomic E-state index is 2.55. The molecule has 11 rings (SSSR count). The van der Waals surface area contributed by atoms with Gasteiger partial charge < -0.3 is 14.4 Å². The molecule has 0 unspecified atom stereocenters. The first-order chi connectivity index (χ1) is 35.7. The molecule has 0 saturated carbocycles. The zero-order valence-electron chi connectivity index (χ0n) is 46.0. The van der Waals surface area contributed by atoms with Gasteiger partial charge in [-0.1, -0.05) is 231 Å². The van der Waals surface area contributed by atoms with E-state index < -0.39 is 16.1 Å². The highest BCUT2D eigenvalue weighted by Gasteiger charge is 2.28. The fraction of sp³-hybridized carbons (Fsp3) is 0.200. The molecule has 0 aliphatic carbocycles. The number of aromatic nitrogens is 1. The Morgan fingerprint density at radius 1 is 0.333 bits per heavy atom. The molecule has 0 N–H and O–H groups in total. The number of nitrogens with zero attached hydrogens (tertiary/aromatic N) is 3. The van der Waals surface area contributed by atoms with Gasteiger partial charge in [0.2, 0.25) is 0 Å². The van der Waals surface area contributed by atoms with Crippen LogP contribution < -0.4 is 20.2 Å². The van der Waals surface area contributed by atoms with Crippen LogP contribution in [0.4, 0.5) is 34.1 Å². The van der Waals surface area contributed by atoms with Crippen molar-refractivity contribution < 1.29 is 0 Å². The van der Waals surface area contributed by atoms with E-state index in [1.165, 1.54) is 64.9 Å². The van der Waals surface area contributed by atoms with Crippen LogP contribution in [0.15, 0.2) is 212 Å². The van der Waals surface area contributed by atoms with Crippen LogP contribution in [0.3, 0.4) is 0 Å². The zero-order chi connectivity index (χ0) is 52.6. The van der Waals surface area contributed by atoms with Gasteiger partial charge in [0.15, 0.2) is 0 Å². The molecule has 0 spiro atoms. The molecule has 374 valence electrons. The quantitative estimate of drug-likeness (QED) is 0.127. The lowest BCUT2D eigenvalue weighted by Crippen LogP contribution is -2.37. The van der Waals surface area contributed by atoms with Gasteiger partial charge in [-0.2, -0.15) is 0 Å². The summed E-state index contributed by atoms with van der Waals surface area (Å²) in [6.45, 7) is 28.3. The van der Waals surface area contributed by atoms with E-state index in [0.717, 1.165) is 50.8 Å². The fourth-order valence-electron chi connectivity index (χ4n) is 11.1. The molecule has 0 aliphatic rings. The summed E-state index contributed by atoms with van der Waals surface area (Å²) in [5, 5.41) is 10.2. The summed E-state index contributed by atoms with van der Waals surface area (Å²) in [6, 6.07) is 80.6. The van der Waals surface area contributed by atoms with Crippen molar-refractivity contribution in [2.75, 3.05) is 9.80 Å².